The third-order valence-electron chi connectivity index (χ3n) is 3.55. The Morgan fingerprint density at radius 3 is 2.60 bits per heavy atom. The van der Waals surface area contributed by atoms with Gasteiger partial charge in [-0.05, 0) is 43.8 Å². The Labute approximate surface area is 150 Å². The van der Waals surface area contributed by atoms with Gasteiger partial charge in [-0.1, -0.05) is 0 Å². The average molecular weight is 363 g/mol. The van der Waals surface area contributed by atoms with Crippen LogP contribution >= 0.6 is 11.8 Å². The number of carbonyl (C=O) groups is 1. The molecular formula is C17H21N3O4S. The van der Waals surface area contributed by atoms with Crippen molar-refractivity contribution in [1.82, 2.24) is 10.2 Å². The molecule has 0 radical (unpaired) electrons. The summed E-state index contributed by atoms with van der Waals surface area (Å²) in [6.07, 6.45) is 1.54. The van der Waals surface area contributed by atoms with Gasteiger partial charge in [-0.25, -0.2) is 4.79 Å². The molecule has 0 aliphatic heterocycles. The van der Waals surface area contributed by atoms with Gasteiger partial charge in [0.25, 0.3) is 5.22 Å². The third kappa shape index (κ3) is 4.76. The van der Waals surface area contributed by atoms with Gasteiger partial charge in [0.2, 0.25) is 5.89 Å². The first kappa shape index (κ1) is 18.9. The number of thioether (sulfide) groups is 1. The Morgan fingerprint density at radius 1 is 1.36 bits per heavy atom. The molecule has 0 atom stereocenters. The summed E-state index contributed by atoms with van der Waals surface area (Å²) in [5.41, 5.74) is 1.69. The first-order chi connectivity index (χ1) is 12.0. The zero-order chi connectivity index (χ0) is 18.4. The number of methoxy groups -OCH3 is 1. The largest absolute Gasteiger partial charge is 0.496 e. The highest BCUT2D eigenvalue weighted by Gasteiger charge is 2.16. The van der Waals surface area contributed by atoms with Gasteiger partial charge in [-0.3, -0.25) is 0 Å². The van der Waals surface area contributed by atoms with Crippen LogP contribution in [0.15, 0.2) is 32.7 Å². The van der Waals surface area contributed by atoms with Crippen LogP contribution in [0.3, 0.4) is 0 Å². The molecule has 0 unspecified atom stereocenters. The van der Waals surface area contributed by atoms with Gasteiger partial charge in [-0.2, -0.15) is 0 Å². The average Bonchev–Trinajstić information content (AvgIpc) is 3.01. The van der Waals surface area contributed by atoms with E-state index in [1.807, 2.05) is 18.2 Å². The predicted molar refractivity (Wildman–Crippen MR) is 97.1 cm³/mol. The van der Waals surface area contributed by atoms with E-state index in [1.165, 1.54) is 6.08 Å². The second kappa shape index (κ2) is 8.57. The summed E-state index contributed by atoms with van der Waals surface area (Å²) in [6, 6.07) is 5.69. The summed E-state index contributed by atoms with van der Waals surface area (Å²) in [5.74, 6) is -0.0884. The Bertz CT molecular complexity index is 769. The number of nitrogens with zero attached hydrogens (tertiary/aromatic N) is 3. The first-order valence-electron chi connectivity index (χ1n) is 7.84. The number of carboxylic acids is 1. The Kier molecular flexibility index (Phi) is 6.46. The second-order valence-electron chi connectivity index (χ2n) is 5.10. The van der Waals surface area contributed by atoms with Crippen LogP contribution in [0.1, 0.15) is 25.3 Å². The van der Waals surface area contributed by atoms with Crippen molar-refractivity contribution in [3.05, 3.63) is 34.6 Å². The molecule has 0 bridgehead atoms. The monoisotopic (exact) mass is 363 g/mol. The van der Waals surface area contributed by atoms with E-state index in [2.05, 4.69) is 28.9 Å². The van der Waals surface area contributed by atoms with Gasteiger partial charge in [0.15, 0.2) is 0 Å². The highest BCUT2D eigenvalue weighted by Crippen LogP contribution is 2.32. The van der Waals surface area contributed by atoms with Crippen molar-refractivity contribution in [3.63, 3.8) is 0 Å². The minimum atomic E-state index is -1.07. The van der Waals surface area contributed by atoms with Crippen LogP contribution in [-0.2, 0) is 4.79 Å². The van der Waals surface area contributed by atoms with Crippen LogP contribution in [0.5, 0.6) is 5.75 Å². The lowest BCUT2D eigenvalue weighted by Crippen LogP contribution is -2.21. The molecule has 7 nitrogen and oxygen atoms in total. The first-order valence-corrected chi connectivity index (χ1v) is 8.66. The van der Waals surface area contributed by atoms with E-state index in [1.54, 1.807) is 14.0 Å². The number of hydrogen-bond acceptors (Lipinski definition) is 7. The summed E-state index contributed by atoms with van der Waals surface area (Å²) < 4.78 is 10.7. The van der Waals surface area contributed by atoms with Gasteiger partial charge >= 0.3 is 5.97 Å². The molecule has 0 spiro atoms. The fourth-order valence-electron chi connectivity index (χ4n) is 2.29. The third-order valence-corrected chi connectivity index (χ3v) is 4.40. The second-order valence-corrected chi connectivity index (χ2v) is 6.09. The van der Waals surface area contributed by atoms with Crippen molar-refractivity contribution in [2.45, 2.75) is 26.0 Å². The maximum atomic E-state index is 11.6. The van der Waals surface area contributed by atoms with Crippen molar-refractivity contribution in [2.75, 3.05) is 25.1 Å². The lowest BCUT2D eigenvalue weighted by molar-refractivity contribution is -0.131. The molecule has 0 saturated heterocycles. The number of aliphatic carboxylic acids is 1. The van der Waals surface area contributed by atoms with Crippen LogP contribution in [0.2, 0.25) is 0 Å². The maximum absolute atomic E-state index is 11.6. The van der Waals surface area contributed by atoms with Gasteiger partial charge in [-0.15, -0.1) is 10.2 Å². The zero-order valence-electron chi connectivity index (χ0n) is 14.6. The number of hydrogen-bond donors (Lipinski definition) is 1. The van der Waals surface area contributed by atoms with E-state index in [0.717, 1.165) is 30.5 Å². The normalized spacial score (nSPS) is 11.4. The number of benzene rings is 1. The molecule has 134 valence electrons. The van der Waals surface area contributed by atoms with Crippen molar-refractivity contribution in [3.8, 4) is 5.75 Å². The van der Waals surface area contributed by atoms with Crippen molar-refractivity contribution >= 4 is 29.5 Å². The van der Waals surface area contributed by atoms with Crippen LogP contribution < -0.4 is 9.64 Å². The molecule has 25 heavy (non-hydrogen) atoms. The van der Waals surface area contributed by atoms with Gasteiger partial charge in [0.05, 0.1) is 7.11 Å². The molecule has 0 fully saturated rings. The zero-order valence-corrected chi connectivity index (χ0v) is 15.5. The lowest BCUT2D eigenvalue weighted by atomic mass is 10.1. The quantitative estimate of drug-likeness (QED) is 0.563. The predicted octanol–water partition coefficient (Wildman–Crippen LogP) is 3.45. The number of ether oxygens (including phenoxy) is 1. The minimum Gasteiger partial charge on any atom is -0.496 e. The topological polar surface area (TPSA) is 88.7 Å². The molecule has 0 aliphatic rings. The van der Waals surface area contributed by atoms with Gasteiger partial charge < -0.3 is 19.2 Å². The van der Waals surface area contributed by atoms with E-state index >= 15 is 0 Å². The van der Waals surface area contributed by atoms with Crippen molar-refractivity contribution < 1.29 is 19.1 Å². The van der Waals surface area contributed by atoms with Crippen molar-refractivity contribution in [1.29, 1.82) is 0 Å². The number of carboxylic acid groups (broad SMARTS) is 1. The number of rotatable bonds is 8. The number of aryl methyl sites for hydroxylation is 1. The van der Waals surface area contributed by atoms with E-state index in [4.69, 9.17) is 9.15 Å². The molecule has 1 aromatic carbocycles. The molecule has 1 heterocycles. The number of anilines is 1. The maximum Gasteiger partial charge on any atom is 0.342 e. The van der Waals surface area contributed by atoms with E-state index < -0.39 is 5.97 Å². The molecule has 1 N–H and O–H groups in total. The standard InChI is InChI=1S/C17H21N3O4S/c1-5-20(6-2)13-8-7-12(14(10-13)23-4)9-15(16(21)22)25-17-19-18-11(3)24-17/h7-10H,5-6H2,1-4H3,(H,21,22)/b15-9-. The summed E-state index contributed by atoms with van der Waals surface area (Å²) in [4.78, 5) is 13.8. The molecule has 1 aromatic heterocycles. The van der Waals surface area contributed by atoms with E-state index in [0.29, 0.717) is 17.2 Å². The van der Waals surface area contributed by atoms with E-state index in [9.17, 15) is 9.90 Å². The summed E-state index contributed by atoms with van der Waals surface area (Å²) in [7, 11) is 1.56. The van der Waals surface area contributed by atoms with Crippen LogP contribution in [-0.4, -0.2) is 41.5 Å². The molecule has 0 amide bonds. The van der Waals surface area contributed by atoms with Gasteiger partial charge in [0.1, 0.15) is 10.7 Å². The minimum absolute atomic E-state index is 0.0672. The molecule has 0 aliphatic carbocycles. The summed E-state index contributed by atoms with van der Waals surface area (Å²) in [5, 5.41) is 17.2. The lowest BCUT2D eigenvalue weighted by Gasteiger charge is -2.22. The Hall–Kier alpha value is -2.48. The highest BCUT2D eigenvalue weighted by molar-refractivity contribution is 8.03. The molecule has 2 aromatic rings. The molecule has 0 saturated carbocycles. The van der Waals surface area contributed by atoms with E-state index in [-0.39, 0.29) is 10.1 Å². The highest BCUT2D eigenvalue weighted by atomic mass is 32.2. The van der Waals surface area contributed by atoms with Crippen LogP contribution in [0, 0.1) is 6.92 Å². The smallest absolute Gasteiger partial charge is 0.342 e. The Morgan fingerprint density at radius 2 is 2.08 bits per heavy atom. The molecule has 8 heteroatoms. The Balaban J connectivity index is 2.36. The van der Waals surface area contributed by atoms with Gasteiger partial charge in [0, 0.05) is 37.3 Å². The summed E-state index contributed by atoms with van der Waals surface area (Å²) >= 11 is 0.907. The number of aromatic nitrogens is 2. The SMILES string of the molecule is CCN(CC)c1ccc(/C=C(\Sc2nnc(C)o2)C(=O)O)c(OC)c1. The van der Waals surface area contributed by atoms with Crippen molar-refractivity contribution in [2.24, 2.45) is 0 Å². The summed E-state index contributed by atoms with van der Waals surface area (Å²) in [6.45, 7) is 7.56. The van der Waals surface area contributed by atoms with Crippen LogP contribution in [0.25, 0.3) is 6.08 Å². The van der Waals surface area contributed by atoms with Crippen LogP contribution in [0.4, 0.5) is 5.69 Å². The molecule has 2 rings (SSSR count). The fourth-order valence-corrected chi connectivity index (χ4v) is 3.00. The molecular weight excluding hydrogens is 342 g/mol. The fraction of sp³-hybridized carbons (Fsp3) is 0.353.